The molecule has 0 bridgehead atoms. The van der Waals surface area contributed by atoms with Gasteiger partial charge in [-0.15, -0.1) is 21.6 Å². The largest absolute Gasteiger partial charge is 0.378 e. The number of aryl methyl sites for hydroxylation is 1. The van der Waals surface area contributed by atoms with E-state index in [9.17, 15) is 10.5 Å². The fourth-order valence-electron chi connectivity index (χ4n) is 3.59. The first-order chi connectivity index (χ1) is 18.2. The Labute approximate surface area is 231 Å². The van der Waals surface area contributed by atoms with Crippen LogP contribution in [0.4, 0.5) is 16.4 Å². The molecule has 0 radical (unpaired) electrons. The Balaban J connectivity index is 2.09. The zero-order chi connectivity index (χ0) is 28.1. The second-order valence-electron chi connectivity index (χ2n) is 9.46. The summed E-state index contributed by atoms with van der Waals surface area (Å²) >= 11 is 1.18. The van der Waals surface area contributed by atoms with Crippen LogP contribution < -0.4 is 4.90 Å². The number of benzene rings is 1. The Morgan fingerprint density at radius 2 is 1.79 bits per heavy atom. The van der Waals surface area contributed by atoms with Crippen molar-refractivity contribution in [1.82, 2.24) is 4.90 Å². The third-order valence-corrected chi connectivity index (χ3v) is 6.90. The minimum Gasteiger partial charge on any atom is -0.378 e. The molecule has 0 fully saturated rings. The van der Waals surface area contributed by atoms with Gasteiger partial charge in [-0.25, -0.2) is 0 Å². The summed E-state index contributed by atoms with van der Waals surface area (Å²) in [6, 6.07) is 10.3. The summed E-state index contributed by atoms with van der Waals surface area (Å²) in [5, 5.41) is 27.8. The van der Waals surface area contributed by atoms with Crippen LogP contribution in [0.1, 0.15) is 42.3 Å². The highest BCUT2D eigenvalue weighted by Gasteiger charge is 2.17. The van der Waals surface area contributed by atoms with Crippen molar-refractivity contribution in [2.75, 3.05) is 65.1 Å². The average molecular weight is 541 g/mol. The van der Waals surface area contributed by atoms with Gasteiger partial charge in [-0.05, 0) is 78.0 Å². The summed E-state index contributed by atoms with van der Waals surface area (Å²) in [7, 11) is 4.05. The van der Waals surface area contributed by atoms with Gasteiger partial charge >= 0.3 is 0 Å². The molecule has 9 nitrogen and oxygen atoms in total. The second kappa shape index (κ2) is 16.2. The highest BCUT2D eigenvalue weighted by atomic mass is 32.1. The summed E-state index contributed by atoms with van der Waals surface area (Å²) in [4.78, 5) is 4.83. The van der Waals surface area contributed by atoms with Crippen molar-refractivity contribution in [3.05, 3.63) is 39.8 Å². The van der Waals surface area contributed by atoms with Gasteiger partial charge in [0.15, 0.2) is 5.00 Å². The molecule has 0 aliphatic carbocycles. The van der Waals surface area contributed by atoms with E-state index < -0.39 is 0 Å². The van der Waals surface area contributed by atoms with E-state index in [2.05, 4.69) is 45.2 Å². The molecule has 1 aromatic heterocycles. The highest BCUT2D eigenvalue weighted by Crippen LogP contribution is 2.36. The molecule has 2 rings (SSSR count). The molecule has 206 valence electrons. The number of anilines is 1. The lowest BCUT2D eigenvalue weighted by Gasteiger charge is -2.29. The maximum atomic E-state index is 9.45. The standard InChI is InChI=1S/C28H40N6O3S/c1-8-34(18-24(19-37-20(2)3)36-14-13-35-12-11-33(6)7)23-9-10-26(21(4)15-23)31-32-28-25(16-29)22(5)27(17-30)38-28/h9-10,15,20,24H,8,11-14,18-19H2,1-7H3/b32-31+. The molecule has 2 aromatic rings. The van der Waals surface area contributed by atoms with Crippen molar-refractivity contribution < 1.29 is 14.2 Å². The molecule has 1 heterocycles. The Hall–Kier alpha value is -2.86. The molecule has 38 heavy (non-hydrogen) atoms. The molecule has 0 spiro atoms. The SMILES string of the molecule is CCN(CC(COC(C)C)OCCOCCN(C)C)c1ccc(/N=N/c2sc(C#N)c(C)c2C#N)c(C)c1. The number of thiophene rings is 1. The van der Waals surface area contributed by atoms with Crippen LogP contribution in [-0.4, -0.2) is 77.3 Å². The molecule has 0 saturated carbocycles. The fourth-order valence-corrected chi connectivity index (χ4v) is 4.47. The average Bonchev–Trinajstić information content (AvgIpc) is 3.20. The smallest absolute Gasteiger partial charge is 0.158 e. The molecule has 0 N–H and O–H groups in total. The first-order valence-electron chi connectivity index (χ1n) is 12.9. The van der Waals surface area contributed by atoms with E-state index in [0.29, 0.717) is 59.7 Å². The maximum Gasteiger partial charge on any atom is 0.158 e. The van der Waals surface area contributed by atoms with Crippen molar-refractivity contribution in [2.45, 2.75) is 46.8 Å². The van der Waals surface area contributed by atoms with Gasteiger partial charge in [0.05, 0.1) is 49.9 Å². The lowest BCUT2D eigenvalue weighted by atomic mass is 10.1. The van der Waals surface area contributed by atoms with Crippen LogP contribution in [0, 0.1) is 36.5 Å². The number of nitriles is 2. The highest BCUT2D eigenvalue weighted by molar-refractivity contribution is 7.16. The maximum absolute atomic E-state index is 9.45. The Morgan fingerprint density at radius 3 is 2.39 bits per heavy atom. The van der Waals surface area contributed by atoms with Crippen molar-refractivity contribution in [3.8, 4) is 12.1 Å². The number of hydrogen-bond donors (Lipinski definition) is 0. The van der Waals surface area contributed by atoms with Gasteiger partial charge in [0.25, 0.3) is 0 Å². The summed E-state index contributed by atoms with van der Waals surface area (Å²) in [6.07, 6.45) is 0.0209. The lowest BCUT2D eigenvalue weighted by Crippen LogP contribution is -2.38. The van der Waals surface area contributed by atoms with E-state index in [1.807, 2.05) is 47.0 Å². The third kappa shape index (κ3) is 9.79. The van der Waals surface area contributed by atoms with Crippen molar-refractivity contribution in [1.29, 1.82) is 10.5 Å². The van der Waals surface area contributed by atoms with Gasteiger partial charge in [-0.3, -0.25) is 0 Å². The molecular weight excluding hydrogens is 500 g/mol. The van der Waals surface area contributed by atoms with Gasteiger partial charge in [0.2, 0.25) is 0 Å². The minimum atomic E-state index is -0.102. The fraction of sp³-hybridized carbons (Fsp3) is 0.571. The number of hydrogen-bond acceptors (Lipinski definition) is 10. The summed E-state index contributed by atoms with van der Waals surface area (Å²) in [5.74, 6) is 0. The Morgan fingerprint density at radius 1 is 1.03 bits per heavy atom. The Bertz CT molecular complexity index is 1130. The third-order valence-electron chi connectivity index (χ3n) is 5.82. The number of likely N-dealkylation sites (N-methyl/N-ethyl adjacent to an activating group) is 2. The molecule has 1 aromatic carbocycles. The molecule has 0 amide bonds. The zero-order valence-corrected chi connectivity index (χ0v) is 24.5. The predicted octanol–water partition coefficient (Wildman–Crippen LogP) is 5.74. The van der Waals surface area contributed by atoms with E-state index in [1.54, 1.807) is 6.92 Å². The normalized spacial score (nSPS) is 12.3. The van der Waals surface area contributed by atoms with Gasteiger partial charge in [0.1, 0.15) is 17.0 Å². The molecule has 0 saturated heterocycles. The summed E-state index contributed by atoms with van der Waals surface area (Å²) < 4.78 is 17.7. The topological polar surface area (TPSA) is 106 Å². The molecule has 0 aliphatic rings. The van der Waals surface area contributed by atoms with Crippen molar-refractivity contribution >= 4 is 27.7 Å². The molecule has 1 unspecified atom stereocenters. The van der Waals surface area contributed by atoms with Gasteiger partial charge < -0.3 is 24.0 Å². The monoisotopic (exact) mass is 540 g/mol. The van der Waals surface area contributed by atoms with Crippen LogP contribution in [0.5, 0.6) is 0 Å². The van der Waals surface area contributed by atoms with Crippen LogP contribution in [0.2, 0.25) is 0 Å². The first kappa shape index (κ1) is 31.4. The van der Waals surface area contributed by atoms with E-state index in [-0.39, 0.29) is 12.2 Å². The van der Waals surface area contributed by atoms with Crippen LogP contribution in [0.3, 0.4) is 0 Å². The van der Waals surface area contributed by atoms with Gasteiger partial charge in [-0.1, -0.05) is 0 Å². The lowest BCUT2D eigenvalue weighted by molar-refractivity contribution is -0.0482. The first-order valence-corrected chi connectivity index (χ1v) is 13.7. The number of azo groups is 1. The molecule has 1 atom stereocenters. The Kier molecular flexibility index (Phi) is 13.4. The van der Waals surface area contributed by atoms with Crippen LogP contribution in [0.15, 0.2) is 28.4 Å². The van der Waals surface area contributed by atoms with Crippen LogP contribution in [-0.2, 0) is 14.2 Å². The van der Waals surface area contributed by atoms with E-state index in [0.717, 1.165) is 24.3 Å². The van der Waals surface area contributed by atoms with E-state index >= 15 is 0 Å². The summed E-state index contributed by atoms with van der Waals surface area (Å²) in [6.45, 7) is 14.5. The van der Waals surface area contributed by atoms with Gasteiger partial charge in [0, 0.05) is 25.3 Å². The second-order valence-corrected chi connectivity index (χ2v) is 10.5. The number of nitrogens with zero attached hydrogens (tertiary/aromatic N) is 6. The van der Waals surface area contributed by atoms with E-state index in [4.69, 9.17) is 14.2 Å². The summed E-state index contributed by atoms with van der Waals surface area (Å²) in [5.41, 5.74) is 3.78. The molecule has 10 heteroatoms. The number of ether oxygens (including phenoxy) is 3. The quantitative estimate of drug-likeness (QED) is 0.197. The minimum absolute atomic E-state index is 0.102. The number of rotatable bonds is 16. The van der Waals surface area contributed by atoms with Crippen LogP contribution >= 0.6 is 11.3 Å². The van der Waals surface area contributed by atoms with Crippen LogP contribution in [0.25, 0.3) is 0 Å². The molecular formula is C28H40N6O3S. The van der Waals surface area contributed by atoms with E-state index in [1.165, 1.54) is 11.3 Å². The predicted molar refractivity (Wildman–Crippen MR) is 152 cm³/mol. The van der Waals surface area contributed by atoms with Crippen molar-refractivity contribution in [2.24, 2.45) is 10.2 Å². The van der Waals surface area contributed by atoms with Crippen molar-refractivity contribution in [3.63, 3.8) is 0 Å². The molecule has 0 aliphatic heterocycles. The van der Waals surface area contributed by atoms with Gasteiger partial charge in [-0.2, -0.15) is 10.5 Å². The zero-order valence-electron chi connectivity index (χ0n) is 23.7.